The molecule has 0 saturated carbocycles. The molecule has 1 aromatic carbocycles. The summed E-state index contributed by atoms with van der Waals surface area (Å²) in [7, 11) is 1.56. The van der Waals surface area contributed by atoms with E-state index in [1.807, 2.05) is 26.0 Å². The average Bonchev–Trinajstić information content (AvgIpc) is 2.15. The number of aryl methyl sites for hydroxylation is 2. The fourth-order valence-electron chi connectivity index (χ4n) is 1.47. The molecule has 0 spiro atoms. The Morgan fingerprint density at radius 2 is 2.07 bits per heavy atom. The maximum absolute atomic E-state index is 8.60. The molecule has 4 heteroatoms. The van der Waals surface area contributed by atoms with Crippen LogP contribution in [0.15, 0.2) is 17.3 Å². The summed E-state index contributed by atoms with van der Waals surface area (Å²) in [4.78, 5) is 0. The summed E-state index contributed by atoms with van der Waals surface area (Å²) < 4.78 is 5.18. The quantitative estimate of drug-likeness (QED) is 0.323. The maximum Gasteiger partial charge on any atom is 0.173 e. The van der Waals surface area contributed by atoms with Gasteiger partial charge in [0.25, 0.3) is 0 Å². The Bertz CT molecular complexity index is 373. The van der Waals surface area contributed by atoms with Crippen LogP contribution in [0.25, 0.3) is 0 Å². The summed E-state index contributed by atoms with van der Waals surface area (Å²) in [6.45, 7) is 3.86. The van der Waals surface area contributed by atoms with Crippen molar-refractivity contribution in [2.24, 2.45) is 10.9 Å². The molecule has 0 unspecified atom stereocenters. The van der Waals surface area contributed by atoms with Crippen molar-refractivity contribution in [2.75, 3.05) is 7.11 Å². The van der Waals surface area contributed by atoms with E-state index in [4.69, 9.17) is 15.7 Å². The summed E-state index contributed by atoms with van der Waals surface area (Å²) in [5, 5.41) is 11.6. The van der Waals surface area contributed by atoms with Crippen LogP contribution in [0.4, 0.5) is 0 Å². The largest absolute Gasteiger partial charge is 0.496 e. The monoisotopic (exact) mass is 194 g/mol. The first-order valence-electron chi connectivity index (χ1n) is 4.23. The third kappa shape index (κ3) is 1.79. The van der Waals surface area contributed by atoms with Crippen LogP contribution in [-0.2, 0) is 0 Å². The van der Waals surface area contributed by atoms with Crippen molar-refractivity contribution in [3.8, 4) is 5.75 Å². The van der Waals surface area contributed by atoms with Crippen LogP contribution < -0.4 is 10.5 Å². The summed E-state index contributed by atoms with van der Waals surface area (Å²) in [5.74, 6) is 0.708. The van der Waals surface area contributed by atoms with Crippen molar-refractivity contribution in [1.29, 1.82) is 0 Å². The van der Waals surface area contributed by atoms with Gasteiger partial charge in [0.1, 0.15) is 5.75 Å². The van der Waals surface area contributed by atoms with Crippen LogP contribution in [0.3, 0.4) is 0 Å². The van der Waals surface area contributed by atoms with E-state index in [0.717, 1.165) is 11.1 Å². The van der Waals surface area contributed by atoms with Crippen molar-refractivity contribution in [3.05, 3.63) is 28.8 Å². The molecule has 1 rings (SSSR count). The summed E-state index contributed by atoms with van der Waals surface area (Å²) in [5.41, 5.74) is 8.16. The van der Waals surface area contributed by atoms with Crippen LogP contribution >= 0.6 is 0 Å². The van der Waals surface area contributed by atoms with Gasteiger partial charge in [-0.3, -0.25) is 0 Å². The number of oxime groups is 1. The molecular weight excluding hydrogens is 180 g/mol. The molecular formula is C10H14N2O2. The second-order valence-electron chi connectivity index (χ2n) is 3.15. The number of ether oxygens (including phenoxy) is 1. The van der Waals surface area contributed by atoms with Gasteiger partial charge in [0.05, 0.1) is 12.7 Å². The SMILES string of the molecule is COc1c(C)cc(C)cc1/C(N)=N/O. The van der Waals surface area contributed by atoms with E-state index in [1.165, 1.54) is 0 Å². The maximum atomic E-state index is 8.60. The fraction of sp³-hybridized carbons (Fsp3) is 0.300. The zero-order valence-corrected chi connectivity index (χ0v) is 8.53. The number of methoxy groups -OCH3 is 1. The van der Waals surface area contributed by atoms with Crippen LogP contribution in [0, 0.1) is 13.8 Å². The van der Waals surface area contributed by atoms with Crippen molar-refractivity contribution < 1.29 is 9.94 Å². The van der Waals surface area contributed by atoms with Gasteiger partial charge in [-0.15, -0.1) is 0 Å². The Morgan fingerprint density at radius 3 is 2.57 bits per heavy atom. The van der Waals surface area contributed by atoms with Gasteiger partial charge in [-0.2, -0.15) is 0 Å². The number of benzene rings is 1. The fourth-order valence-corrected chi connectivity index (χ4v) is 1.47. The minimum atomic E-state index is 0.0636. The topological polar surface area (TPSA) is 67.8 Å². The van der Waals surface area contributed by atoms with Gasteiger partial charge in [-0.1, -0.05) is 11.2 Å². The molecule has 0 heterocycles. The van der Waals surface area contributed by atoms with Gasteiger partial charge in [0.15, 0.2) is 5.84 Å². The number of hydrogen-bond donors (Lipinski definition) is 2. The third-order valence-corrected chi connectivity index (χ3v) is 2.01. The highest BCUT2D eigenvalue weighted by molar-refractivity contribution is 6.00. The molecule has 0 fully saturated rings. The van der Waals surface area contributed by atoms with E-state index in [0.29, 0.717) is 11.3 Å². The molecule has 0 aliphatic rings. The number of hydrogen-bond acceptors (Lipinski definition) is 3. The molecule has 0 radical (unpaired) electrons. The molecule has 14 heavy (non-hydrogen) atoms. The van der Waals surface area contributed by atoms with E-state index in [-0.39, 0.29) is 5.84 Å². The average molecular weight is 194 g/mol. The summed E-state index contributed by atoms with van der Waals surface area (Å²) in [6.07, 6.45) is 0. The highest BCUT2D eigenvalue weighted by Crippen LogP contribution is 2.24. The van der Waals surface area contributed by atoms with E-state index >= 15 is 0 Å². The second kappa shape index (κ2) is 4.00. The molecule has 4 nitrogen and oxygen atoms in total. The first-order valence-corrected chi connectivity index (χ1v) is 4.23. The summed E-state index contributed by atoms with van der Waals surface area (Å²) in [6, 6.07) is 3.80. The molecule has 3 N–H and O–H groups in total. The van der Waals surface area contributed by atoms with Crippen LogP contribution in [0.2, 0.25) is 0 Å². The van der Waals surface area contributed by atoms with Crippen LogP contribution in [0.1, 0.15) is 16.7 Å². The smallest absolute Gasteiger partial charge is 0.173 e. The number of nitrogens with two attached hydrogens (primary N) is 1. The molecule has 0 aromatic heterocycles. The highest BCUT2D eigenvalue weighted by atomic mass is 16.5. The molecule has 0 amide bonds. The normalized spacial score (nSPS) is 11.5. The van der Waals surface area contributed by atoms with Gasteiger partial charge in [0.2, 0.25) is 0 Å². The number of rotatable bonds is 2. The molecule has 0 bridgehead atoms. The van der Waals surface area contributed by atoms with E-state index in [1.54, 1.807) is 7.11 Å². The lowest BCUT2D eigenvalue weighted by Crippen LogP contribution is -2.15. The molecule has 1 aromatic rings. The van der Waals surface area contributed by atoms with E-state index in [2.05, 4.69) is 5.16 Å². The van der Waals surface area contributed by atoms with Gasteiger partial charge in [0, 0.05) is 0 Å². The lowest BCUT2D eigenvalue weighted by Gasteiger charge is -2.11. The van der Waals surface area contributed by atoms with Gasteiger partial charge in [-0.25, -0.2) is 0 Å². The molecule has 76 valence electrons. The number of nitrogens with zero attached hydrogens (tertiary/aromatic N) is 1. The van der Waals surface area contributed by atoms with Crippen LogP contribution in [0.5, 0.6) is 5.75 Å². The van der Waals surface area contributed by atoms with Gasteiger partial charge in [-0.05, 0) is 31.0 Å². The zero-order valence-electron chi connectivity index (χ0n) is 8.53. The molecule has 0 atom stereocenters. The van der Waals surface area contributed by atoms with Crippen molar-refractivity contribution in [3.63, 3.8) is 0 Å². The molecule has 0 aliphatic heterocycles. The third-order valence-electron chi connectivity index (χ3n) is 2.01. The second-order valence-corrected chi connectivity index (χ2v) is 3.15. The number of amidine groups is 1. The van der Waals surface area contributed by atoms with Crippen LogP contribution in [-0.4, -0.2) is 18.2 Å². The Balaban J connectivity index is 3.39. The van der Waals surface area contributed by atoms with Gasteiger partial charge >= 0.3 is 0 Å². The first-order chi connectivity index (χ1) is 6.60. The lowest BCUT2D eigenvalue weighted by molar-refractivity contribution is 0.318. The van der Waals surface area contributed by atoms with E-state index in [9.17, 15) is 0 Å². The van der Waals surface area contributed by atoms with Gasteiger partial charge < -0.3 is 15.7 Å². The minimum absolute atomic E-state index is 0.0636. The Kier molecular flexibility index (Phi) is 2.96. The lowest BCUT2D eigenvalue weighted by atomic mass is 10.0. The Hall–Kier alpha value is -1.71. The standard InChI is InChI=1S/C10H14N2O2/c1-6-4-7(2)9(14-3)8(5-6)10(11)12-13/h4-5,13H,1-3H3,(H2,11,12). The zero-order chi connectivity index (χ0) is 10.7. The predicted octanol–water partition coefficient (Wildman–Crippen LogP) is 1.41. The Labute approximate surface area is 83.0 Å². The summed E-state index contributed by atoms with van der Waals surface area (Å²) >= 11 is 0. The van der Waals surface area contributed by atoms with Crippen molar-refractivity contribution in [2.45, 2.75) is 13.8 Å². The predicted molar refractivity (Wildman–Crippen MR) is 55.0 cm³/mol. The van der Waals surface area contributed by atoms with Crippen molar-refractivity contribution >= 4 is 5.84 Å². The minimum Gasteiger partial charge on any atom is -0.496 e. The first kappa shape index (κ1) is 10.4. The molecule has 0 aliphatic carbocycles. The van der Waals surface area contributed by atoms with E-state index < -0.39 is 0 Å². The molecule has 0 saturated heterocycles. The highest BCUT2D eigenvalue weighted by Gasteiger charge is 2.10. The Morgan fingerprint density at radius 1 is 1.43 bits per heavy atom. The van der Waals surface area contributed by atoms with Crippen molar-refractivity contribution in [1.82, 2.24) is 0 Å².